The summed E-state index contributed by atoms with van der Waals surface area (Å²) in [6, 6.07) is 3.30. The van der Waals surface area contributed by atoms with Gasteiger partial charge in [-0.3, -0.25) is 0 Å². The van der Waals surface area contributed by atoms with Gasteiger partial charge in [0.1, 0.15) is 0 Å². The maximum absolute atomic E-state index is 11.9. The Hall–Kier alpha value is -2.35. The second kappa shape index (κ2) is 3.84. The van der Waals surface area contributed by atoms with E-state index in [1.165, 1.54) is 0 Å². The van der Waals surface area contributed by atoms with E-state index in [4.69, 9.17) is 10.2 Å². The molecule has 94 valence electrons. The molecule has 1 aliphatic rings. The van der Waals surface area contributed by atoms with Gasteiger partial charge in [-0.15, -0.1) is 0 Å². The van der Waals surface area contributed by atoms with Crippen molar-refractivity contribution in [2.24, 2.45) is 0 Å². The number of aliphatic carboxylic acids is 1. The number of aromatic carboxylic acids is 1. The normalized spacial score (nSPS) is 16.1. The summed E-state index contributed by atoms with van der Waals surface area (Å²) in [5.41, 5.74) is -0.0523. The van der Waals surface area contributed by atoms with Crippen LogP contribution in [0.2, 0.25) is 0 Å². The van der Waals surface area contributed by atoms with Gasteiger partial charge >= 0.3 is 11.9 Å². The first-order valence-electron chi connectivity index (χ1n) is 4.66. The molecule has 2 rings (SSSR count). The lowest BCUT2D eigenvalue weighted by molar-refractivity contribution is -0.131. The second-order valence-electron chi connectivity index (χ2n) is 3.48. The summed E-state index contributed by atoms with van der Waals surface area (Å²) >= 11 is 0. The van der Waals surface area contributed by atoms with Gasteiger partial charge in [-0.25, -0.2) is 18.0 Å². The van der Waals surface area contributed by atoms with Crippen LogP contribution in [0.4, 0.5) is 5.69 Å². The maximum Gasteiger partial charge on any atom is 0.349 e. The molecule has 0 fully saturated rings. The van der Waals surface area contributed by atoms with E-state index in [1.54, 1.807) is 0 Å². The van der Waals surface area contributed by atoms with Crippen LogP contribution in [0.15, 0.2) is 34.2 Å². The van der Waals surface area contributed by atoms with E-state index >= 15 is 0 Å². The molecular formula is C10H7NO6S. The molecule has 1 aromatic carbocycles. The monoisotopic (exact) mass is 269 g/mol. The maximum atomic E-state index is 11.9. The van der Waals surface area contributed by atoms with Crippen molar-refractivity contribution in [3.05, 3.63) is 34.9 Å². The topological polar surface area (TPSA) is 121 Å². The van der Waals surface area contributed by atoms with Crippen LogP contribution in [0, 0.1) is 0 Å². The molecule has 8 heteroatoms. The van der Waals surface area contributed by atoms with Gasteiger partial charge in [0.25, 0.3) is 0 Å². The average molecular weight is 269 g/mol. The minimum absolute atomic E-state index is 0.0416. The van der Waals surface area contributed by atoms with Crippen LogP contribution < -0.4 is 5.32 Å². The molecule has 1 aromatic rings. The molecule has 0 amide bonds. The van der Waals surface area contributed by atoms with Crippen molar-refractivity contribution < 1.29 is 28.2 Å². The second-order valence-corrected chi connectivity index (χ2v) is 5.36. The summed E-state index contributed by atoms with van der Waals surface area (Å²) < 4.78 is 23.8. The summed E-state index contributed by atoms with van der Waals surface area (Å²) in [6.07, 6.45) is 0.825. The SMILES string of the molecule is O=C(O)C1=CNc2cc(C(=O)O)ccc2S1(=O)=O. The number of fused-ring (bicyclic) bond motifs is 1. The molecule has 3 N–H and O–H groups in total. The van der Waals surface area contributed by atoms with E-state index in [1.807, 2.05) is 0 Å². The molecule has 0 aliphatic carbocycles. The summed E-state index contributed by atoms with van der Waals surface area (Å²) in [7, 11) is -4.12. The predicted molar refractivity (Wildman–Crippen MR) is 59.9 cm³/mol. The van der Waals surface area contributed by atoms with Gasteiger partial charge < -0.3 is 15.5 Å². The van der Waals surface area contributed by atoms with Crippen molar-refractivity contribution in [1.29, 1.82) is 0 Å². The van der Waals surface area contributed by atoms with Gasteiger partial charge in [0.15, 0.2) is 4.91 Å². The molecule has 18 heavy (non-hydrogen) atoms. The zero-order valence-electron chi connectivity index (χ0n) is 8.75. The molecule has 7 nitrogen and oxygen atoms in total. The van der Waals surface area contributed by atoms with Crippen LogP contribution in [0.3, 0.4) is 0 Å². The fraction of sp³-hybridized carbons (Fsp3) is 0. The first-order chi connectivity index (χ1) is 8.34. The lowest BCUT2D eigenvalue weighted by Gasteiger charge is -2.16. The number of hydrogen-bond acceptors (Lipinski definition) is 5. The smallest absolute Gasteiger partial charge is 0.349 e. The third-order valence-corrected chi connectivity index (χ3v) is 4.18. The van der Waals surface area contributed by atoms with E-state index in [2.05, 4.69) is 5.32 Å². The Morgan fingerprint density at radius 1 is 1.11 bits per heavy atom. The zero-order valence-corrected chi connectivity index (χ0v) is 9.56. The van der Waals surface area contributed by atoms with Crippen LogP contribution >= 0.6 is 0 Å². The Kier molecular flexibility index (Phi) is 2.59. The lowest BCUT2D eigenvalue weighted by Crippen LogP contribution is -2.20. The van der Waals surface area contributed by atoms with E-state index in [9.17, 15) is 18.0 Å². The number of hydrogen-bond donors (Lipinski definition) is 3. The molecule has 0 unspecified atom stereocenters. The minimum Gasteiger partial charge on any atom is -0.478 e. The van der Waals surface area contributed by atoms with E-state index < -0.39 is 26.7 Å². The number of sulfone groups is 1. The molecule has 1 aliphatic heterocycles. The lowest BCUT2D eigenvalue weighted by atomic mass is 10.2. The summed E-state index contributed by atoms with van der Waals surface area (Å²) in [5.74, 6) is -2.78. The van der Waals surface area contributed by atoms with Crippen molar-refractivity contribution in [1.82, 2.24) is 0 Å². The van der Waals surface area contributed by atoms with E-state index in [-0.39, 0.29) is 16.1 Å². The van der Waals surface area contributed by atoms with Crippen molar-refractivity contribution in [3.8, 4) is 0 Å². The first kappa shape index (κ1) is 12.1. The van der Waals surface area contributed by atoms with Crippen molar-refractivity contribution in [2.45, 2.75) is 4.90 Å². The standard InChI is InChI=1S/C10H7NO6S/c12-9(13)5-1-2-7-6(3-5)11-4-8(10(14)15)18(7,16)17/h1-4,11H,(H,12,13)(H,14,15). The molecule has 0 aromatic heterocycles. The number of carboxylic acids is 2. The minimum atomic E-state index is -4.12. The molecule has 1 heterocycles. The first-order valence-corrected chi connectivity index (χ1v) is 6.15. The largest absolute Gasteiger partial charge is 0.478 e. The number of nitrogens with one attached hydrogen (secondary N) is 1. The highest BCUT2D eigenvalue weighted by atomic mass is 32.2. The third-order valence-electron chi connectivity index (χ3n) is 2.38. The van der Waals surface area contributed by atoms with Crippen LogP contribution in [0.1, 0.15) is 10.4 Å². The fourth-order valence-corrected chi connectivity index (χ4v) is 2.86. The predicted octanol–water partition coefficient (Wildman–Crippen LogP) is 0.510. The Morgan fingerprint density at radius 2 is 1.78 bits per heavy atom. The Labute approximate surface area is 101 Å². The highest BCUT2D eigenvalue weighted by molar-refractivity contribution is 7.96. The molecule has 0 spiro atoms. The number of carbonyl (C=O) groups is 2. The quantitative estimate of drug-likeness (QED) is 0.715. The van der Waals surface area contributed by atoms with Crippen molar-refractivity contribution in [3.63, 3.8) is 0 Å². The number of benzene rings is 1. The third kappa shape index (κ3) is 1.72. The molecule has 0 atom stereocenters. The van der Waals surface area contributed by atoms with Crippen LogP contribution in [0.25, 0.3) is 0 Å². The average Bonchev–Trinajstić information content (AvgIpc) is 2.27. The van der Waals surface area contributed by atoms with Gasteiger partial charge in [0, 0.05) is 6.20 Å². The van der Waals surface area contributed by atoms with E-state index in [0.717, 1.165) is 24.4 Å². The zero-order chi connectivity index (χ0) is 13.5. The van der Waals surface area contributed by atoms with Crippen LogP contribution in [-0.4, -0.2) is 30.6 Å². The Morgan fingerprint density at radius 3 is 2.33 bits per heavy atom. The van der Waals surface area contributed by atoms with Crippen molar-refractivity contribution >= 4 is 27.5 Å². The highest BCUT2D eigenvalue weighted by Gasteiger charge is 2.32. The summed E-state index contributed by atoms with van der Waals surface area (Å²) in [5, 5.41) is 20.0. The van der Waals surface area contributed by atoms with Gasteiger partial charge in [-0.1, -0.05) is 0 Å². The van der Waals surface area contributed by atoms with Crippen LogP contribution in [-0.2, 0) is 14.6 Å². The molecule has 0 saturated carbocycles. The molecule has 0 bridgehead atoms. The van der Waals surface area contributed by atoms with Gasteiger partial charge in [0.05, 0.1) is 16.1 Å². The molecule has 0 saturated heterocycles. The van der Waals surface area contributed by atoms with Gasteiger partial charge in [-0.05, 0) is 18.2 Å². The highest BCUT2D eigenvalue weighted by Crippen LogP contribution is 2.32. The van der Waals surface area contributed by atoms with Crippen LogP contribution in [0.5, 0.6) is 0 Å². The Balaban J connectivity index is 2.63. The van der Waals surface area contributed by atoms with E-state index in [0.29, 0.717) is 0 Å². The summed E-state index contributed by atoms with van der Waals surface area (Å²) in [6.45, 7) is 0. The molecular weight excluding hydrogens is 262 g/mol. The fourth-order valence-electron chi connectivity index (χ4n) is 1.53. The van der Waals surface area contributed by atoms with Gasteiger partial charge in [-0.2, -0.15) is 0 Å². The number of rotatable bonds is 2. The number of anilines is 1. The Bertz CT molecular complexity index is 688. The van der Waals surface area contributed by atoms with Gasteiger partial charge in [0.2, 0.25) is 9.84 Å². The van der Waals surface area contributed by atoms with Crippen molar-refractivity contribution in [2.75, 3.05) is 5.32 Å². The summed E-state index contributed by atoms with van der Waals surface area (Å²) in [4.78, 5) is 20.5. The molecule has 0 radical (unpaired) electrons. The number of carboxylic acid groups (broad SMARTS) is 2.